The second-order valence-electron chi connectivity index (χ2n) is 7.46. The van der Waals surface area contributed by atoms with Gasteiger partial charge in [-0.2, -0.15) is 4.98 Å². The lowest BCUT2D eigenvalue weighted by atomic mass is 10.1. The number of aromatic nitrogens is 3. The molecule has 1 aliphatic carbocycles. The summed E-state index contributed by atoms with van der Waals surface area (Å²) in [5.74, 6) is -1.43. The lowest BCUT2D eigenvalue weighted by molar-refractivity contribution is 0.0720. The Bertz CT molecular complexity index is 1360. The summed E-state index contributed by atoms with van der Waals surface area (Å²) in [6, 6.07) is 1.47. The Balaban J connectivity index is 1.75. The lowest BCUT2D eigenvalue weighted by Crippen LogP contribution is -2.26. The highest BCUT2D eigenvalue weighted by atomic mass is 35.5. The van der Waals surface area contributed by atoms with Crippen LogP contribution in [-0.4, -0.2) is 55.5 Å². The number of pyridine rings is 1. The lowest BCUT2D eigenvalue weighted by Gasteiger charge is -2.14. The summed E-state index contributed by atoms with van der Waals surface area (Å²) in [4.78, 5) is 11.1. The molecule has 0 saturated heterocycles. The molecule has 0 spiro atoms. The van der Waals surface area contributed by atoms with Crippen molar-refractivity contribution in [3.8, 4) is 23.0 Å². The number of halogens is 6. The van der Waals surface area contributed by atoms with E-state index in [9.17, 15) is 26.0 Å². The maximum atomic E-state index is 15.1. The van der Waals surface area contributed by atoms with Crippen molar-refractivity contribution in [3.63, 3.8) is 0 Å². The average molecular weight is 539 g/mol. The van der Waals surface area contributed by atoms with Crippen LogP contribution in [0.2, 0.25) is 5.02 Å². The number of ether oxygens (including phenoxy) is 2. The molecule has 1 aromatic carbocycles. The molecule has 35 heavy (non-hydrogen) atoms. The van der Waals surface area contributed by atoms with E-state index >= 15 is 4.39 Å². The maximum absolute atomic E-state index is 15.1. The Morgan fingerprint density at radius 2 is 1.74 bits per heavy atom. The van der Waals surface area contributed by atoms with Crippen molar-refractivity contribution in [1.82, 2.24) is 19.7 Å². The van der Waals surface area contributed by atoms with Gasteiger partial charge in [-0.15, -0.1) is 0 Å². The van der Waals surface area contributed by atoms with Gasteiger partial charge in [0.1, 0.15) is 10.7 Å². The van der Waals surface area contributed by atoms with E-state index in [0.29, 0.717) is 12.8 Å². The van der Waals surface area contributed by atoms with Crippen LogP contribution in [0.1, 0.15) is 12.8 Å². The van der Waals surface area contributed by atoms with E-state index in [2.05, 4.69) is 24.4 Å². The molecule has 4 rings (SSSR count). The predicted molar refractivity (Wildman–Crippen MR) is 114 cm³/mol. The van der Waals surface area contributed by atoms with Crippen molar-refractivity contribution in [1.29, 1.82) is 0 Å². The highest BCUT2D eigenvalue weighted by Crippen LogP contribution is 2.37. The molecule has 188 valence electrons. The van der Waals surface area contributed by atoms with Crippen molar-refractivity contribution < 1.29 is 39.8 Å². The summed E-state index contributed by atoms with van der Waals surface area (Å²) < 4.78 is 102. The van der Waals surface area contributed by atoms with Gasteiger partial charge in [-0.1, -0.05) is 11.6 Å². The van der Waals surface area contributed by atoms with Gasteiger partial charge in [0.2, 0.25) is 15.9 Å². The molecule has 8 nitrogen and oxygen atoms in total. The molecule has 0 aliphatic heterocycles. The Labute approximate surface area is 200 Å². The zero-order chi connectivity index (χ0) is 25.3. The number of alkyl halides is 4. The number of hydrogen-bond donors (Lipinski definition) is 1. The quantitative estimate of drug-likeness (QED) is 0.386. The number of fused-ring (bicyclic) bond motifs is 1. The second-order valence-corrected chi connectivity index (χ2v) is 9.52. The van der Waals surface area contributed by atoms with Crippen molar-refractivity contribution in [2.24, 2.45) is 0 Å². The molecule has 0 atom stereocenters. The second kappa shape index (κ2) is 10.0. The summed E-state index contributed by atoms with van der Waals surface area (Å²) >= 11 is 6.22. The molecule has 3 aromatic rings. The van der Waals surface area contributed by atoms with Crippen LogP contribution in [-0.2, 0) is 10.0 Å². The fourth-order valence-electron chi connectivity index (χ4n) is 3.05. The fraction of sp³-hybridized carbons (Fsp3) is 0.350. The van der Waals surface area contributed by atoms with Crippen molar-refractivity contribution in [2.75, 3.05) is 13.2 Å². The van der Waals surface area contributed by atoms with E-state index < -0.39 is 58.7 Å². The third kappa shape index (κ3) is 5.87. The largest absolute Gasteiger partial charge is 0.471 e. The minimum atomic E-state index is -4.03. The monoisotopic (exact) mass is 538 g/mol. The van der Waals surface area contributed by atoms with E-state index in [-0.39, 0.29) is 33.1 Å². The molecule has 1 fully saturated rings. The van der Waals surface area contributed by atoms with Crippen molar-refractivity contribution >= 4 is 32.5 Å². The first kappa shape index (κ1) is 25.3. The van der Waals surface area contributed by atoms with Gasteiger partial charge < -0.3 is 9.47 Å². The van der Waals surface area contributed by atoms with Crippen LogP contribution in [0.5, 0.6) is 11.9 Å². The number of sulfonamides is 1. The van der Waals surface area contributed by atoms with Crippen LogP contribution in [0.15, 0.2) is 29.4 Å². The van der Waals surface area contributed by atoms with Crippen LogP contribution in [0, 0.1) is 5.82 Å². The van der Waals surface area contributed by atoms with Crippen LogP contribution in [0.25, 0.3) is 22.0 Å². The van der Waals surface area contributed by atoms with Gasteiger partial charge in [0.15, 0.2) is 13.2 Å². The van der Waals surface area contributed by atoms with Gasteiger partial charge in [-0.05, 0) is 30.5 Å². The SMILES string of the molecule is O=S(=O)(NC1CC1)c1cnc2cc(-c3cnc(OCC(F)F)nc3OCC(F)F)cc(F)c2c1Cl. The first-order valence-corrected chi connectivity index (χ1v) is 11.9. The highest BCUT2D eigenvalue weighted by Gasteiger charge is 2.30. The smallest absolute Gasteiger partial charge is 0.319 e. The summed E-state index contributed by atoms with van der Waals surface area (Å²) in [7, 11) is -4.03. The minimum Gasteiger partial charge on any atom is -0.471 e. The molecule has 0 bridgehead atoms. The van der Waals surface area contributed by atoms with E-state index in [0.717, 1.165) is 18.5 Å². The van der Waals surface area contributed by atoms with Gasteiger partial charge in [0.05, 0.1) is 21.5 Å². The highest BCUT2D eigenvalue weighted by molar-refractivity contribution is 7.89. The van der Waals surface area contributed by atoms with Gasteiger partial charge >= 0.3 is 6.01 Å². The van der Waals surface area contributed by atoms with Gasteiger partial charge in [0.25, 0.3) is 12.9 Å². The molecule has 0 amide bonds. The summed E-state index contributed by atoms with van der Waals surface area (Å²) in [5.41, 5.74) is -0.0935. The molecular formula is C20H16ClF5N4O4S. The van der Waals surface area contributed by atoms with E-state index in [1.165, 1.54) is 6.07 Å². The van der Waals surface area contributed by atoms with Crippen LogP contribution in [0.4, 0.5) is 22.0 Å². The standard InChI is InChI=1S/C20H16ClF5N4O4S/c21-18-14(35(31,32)30-10-1-2-10)6-27-13-4-9(3-12(22)17(13)18)11-5-28-20(34-8-16(25)26)29-19(11)33-7-15(23)24/h3-6,10,15-16,30H,1-2,7-8H2. The molecule has 1 saturated carbocycles. The summed E-state index contributed by atoms with van der Waals surface area (Å²) in [5, 5.41) is -0.657. The maximum Gasteiger partial charge on any atom is 0.319 e. The molecule has 2 aromatic heterocycles. The van der Waals surface area contributed by atoms with Crippen molar-refractivity contribution in [2.45, 2.75) is 36.6 Å². The number of nitrogens with zero attached hydrogens (tertiary/aromatic N) is 3. The predicted octanol–water partition coefficient (Wildman–Crippen LogP) is 4.21. The zero-order valence-corrected chi connectivity index (χ0v) is 19.1. The molecule has 0 unspecified atom stereocenters. The van der Waals surface area contributed by atoms with Crippen LogP contribution >= 0.6 is 11.6 Å². The zero-order valence-electron chi connectivity index (χ0n) is 17.5. The van der Waals surface area contributed by atoms with Gasteiger partial charge in [-0.3, -0.25) is 4.98 Å². The van der Waals surface area contributed by atoms with Crippen LogP contribution in [0.3, 0.4) is 0 Å². The third-order valence-electron chi connectivity index (χ3n) is 4.74. The molecule has 0 radical (unpaired) electrons. The average Bonchev–Trinajstić information content (AvgIpc) is 3.59. The molecular weight excluding hydrogens is 523 g/mol. The number of benzene rings is 1. The van der Waals surface area contributed by atoms with E-state index in [1.54, 1.807) is 0 Å². The number of nitrogens with one attached hydrogen (secondary N) is 1. The van der Waals surface area contributed by atoms with Gasteiger partial charge in [0, 0.05) is 18.4 Å². The topological polar surface area (TPSA) is 103 Å². The summed E-state index contributed by atoms with van der Waals surface area (Å²) in [6.07, 6.45) is -2.36. The first-order valence-electron chi connectivity index (χ1n) is 10.0. The molecule has 1 aliphatic rings. The fourth-order valence-corrected chi connectivity index (χ4v) is 4.93. The number of rotatable bonds is 10. The molecule has 1 N–H and O–H groups in total. The van der Waals surface area contributed by atoms with E-state index in [1.807, 2.05) is 0 Å². The Kier molecular flexibility index (Phi) is 7.24. The summed E-state index contributed by atoms with van der Waals surface area (Å²) in [6.45, 7) is -2.13. The van der Waals surface area contributed by atoms with E-state index in [4.69, 9.17) is 16.3 Å². The normalized spacial score (nSPS) is 14.2. The third-order valence-corrected chi connectivity index (χ3v) is 6.78. The molecule has 2 heterocycles. The van der Waals surface area contributed by atoms with Crippen LogP contribution < -0.4 is 14.2 Å². The molecule has 15 heteroatoms. The Morgan fingerprint density at radius 1 is 1.06 bits per heavy atom. The Morgan fingerprint density at radius 3 is 2.40 bits per heavy atom. The minimum absolute atomic E-state index is 0.0231. The number of hydrogen-bond acceptors (Lipinski definition) is 7. The first-order chi connectivity index (χ1) is 16.5. The van der Waals surface area contributed by atoms with Crippen molar-refractivity contribution in [3.05, 3.63) is 35.4 Å². The Hall–Kier alpha value is -2.84. The van der Waals surface area contributed by atoms with Gasteiger partial charge in [-0.25, -0.2) is 40.1 Å².